The summed E-state index contributed by atoms with van der Waals surface area (Å²) < 4.78 is 30.2. The summed E-state index contributed by atoms with van der Waals surface area (Å²) in [6.45, 7) is 4.89. The van der Waals surface area contributed by atoms with Gasteiger partial charge in [0.25, 0.3) is 0 Å². The molecule has 23 heavy (non-hydrogen) atoms. The zero-order valence-electron chi connectivity index (χ0n) is 14.2. The molecule has 7 heteroatoms. The van der Waals surface area contributed by atoms with Gasteiger partial charge in [-0.2, -0.15) is 4.31 Å². The number of amides is 1. The predicted octanol–water partition coefficient (Wildman–Crippen LogP) is 1.55. The molecular weight excluding hydrogens is 316 g/mol. The van der Waals surface area contributed by atoms with Gasteiger partial charge in [0.05, 0.1) is 12.4 Å². The Kier molecular flexibility index (Phi) is 7.67. The Morgan fingerprint density at radius 3 is 2.39 bits per heavy atom. The molecule has 1 atom stereocenters. The molecule has 0 bridgehead atoms. The van der Waals surface area contributed by atoms with Crippen LogP contribution in [0.3, 0.4) is 0 Å². The van der Waals surface area contributed by atoms with Crippen molar-refractivity contribution in [3.63, 3.8) is 0 Å². The number of hydrogen-bond donors (Lipinski definition) is 1. The summed E-state index contributed by atoms with van der Waals surface area (Å²) in [6, 6.07) is 7.99. The van der Waals surface area contributed by atoms with Gasteiger partial charge in [-0.25, -0.2) is 8.42 Å². The van der Waals surface area contributed by atoms with Crippen molar-refractivity contribution in [2.24, 2.45) is 0 Å². The minimum absolute atomic E-state index is 0.152. The first-order chi connectivity index (χ1) is 10.7. The Hall–Kier alpha value is -1.44. The van der Waals surface area contributed by atoms with Crippen molar-refractivity contribution in [3.05, 3.63) is 35.9 Å². The fourth-order valence-corrected chi connectivity index (χ4v) is 2.65. The van der Waals surface area contributed by atoms with Crippen molar-refractivity contribution in [2.75, 3.05) is 26.5 Å². The molecule has 1 rings (SSSR count). The standard InChI is InChI=1S/C16H26N2O4S/c1-13(2)22-12-8-11-17-16(19)15(18(3)23(4,20)21)14-9-6-5-7-10-14/h5-7,9-10,13,15H,8,11-12H2,1-4H3,(H,17,19)/t15-/m0/s1. The molecule has 6 nitrogen and oxygen atoms in total. The zero-order valence-corrected chi connectivity index (χ0v) is 15.0. The van der Waals surface area contributed by atoms with Gasteiger partial charge >= 0.3 is 0 Å². The third-order valence-electron chi connectivity index (χ3n) is 3.32. The molecule has 0 aromatic heterocycles. The first-order valence-corrected chi connectivity index (χ1v) is 9.45. The van der Waals surface area contributed by atoms with Gasteiger partial charge in [0.15, 0.2) is 0 Å². The molecule has 1 N–H and O–H groups in total. The van der Waals surface area contributed by atoms with Gasteiger partial charge in [-0.15, -0.1) is 0 Å². The lowest BCUT2D eigenvalue weighted by molar-refractivity contribution is -0.124. The van der Waals surface area contributed by atoms with Crippen LogP contribution in [-0.2, 0) is 19.6 Å². The lowest BCUT2D eigenvalue weighted by Gasteiger charge is -2.25. The van der Waals surface area contributed by atoms with Crippen molar-refractivity contribution in [1.82, 2.24) is 9.62 Å². The maximum atomic E-state index is 12.5. The average Bonchev–Trinajstić information content (AvgIpc) is 2.47. The van der Waals surface area contributed by atoms with Crippen LogP contribution >= 0.6 is 0 Å². The number of benzene rings is 1. The maximum absolute atomic E-state index is 12.5. The van der Waals surface area contributed by atoms with Crippen molar-refractivity contribution in [1.29, 1.82) is 0 Å². The Labute approximate surface area is 138 Å². The molecular formula is C16H26N2O4S. The summed E-state index contributed by atoms with van der Waals surface area (Å²) in [4.78, 5) is 12.5. The summed E-state index contributed by atoms with van der Waals surface area (Å²) >= 11 is 0. The SMILES string of the molecule is CC(C)OCCCNC(=O)[C@H](c1ccccc1)N(C)S(C)(=O)=O. The molecule has 1 aromatic carbocycles. The van der Waals surface area contributed by atoms with E-state index in [4.69, 9.17) is 4.74 Å². The number of carbonyl (C=O) groups excluding carboxylic acids is 1. The Balaban J connectivity index is 2.75. The second-order valence-electron chi connectivity index (χ2n) is 5.66. The van der Waals surface area contributed by atoms with Crippen LogP contribution in [0.5, 0.6) is 0 Å². The van der Waals surface area contributed by atoms with E-state index in [1.165, 1.54) is 7.05 Å². The molecule has 0 aliphatic heterocycles. The highest BCUT2D eigenvalue weighted by molar-refractivity contribution is 7.88. The number of ether oxygens (including phenoxy) is 1. The van der Waals surface area contributed by atoms with Gasteiger partial charge < -0.3 is 10.1 Å². The molecule has 130 valence electrons. The van der Waals surface area contributed by atoms with Gasteiger partial charge in [-0.3, -0.25) is 4.79 Å². The van der Waals surface area contributed by atoms with Gasteiger partial charge in [0, 0.05) is 20.2 Å². The largest absolute Gasteiger partial charge is 0.379 e. The number of nitrogens with zero attached hydrogens (tertiary/aromatic N) is 1. The van der Waals surface area contributed by atoms with E-state index < -0.39 is 16.1 Å². The molecule has 0 fully saturated rings. The summed E-state index contributed by atoms with van der Waals surface area (Å²) in [5.74, 6) is -0.339. The Morgan fingerprint density at radius 2 is 1.87 bits per heavy atom. The smallest absolute Gasteiger partial charge is 0.242 e. The van der Waals surface area contributed by atoms with Gasteiger partial charge in [0.2, 0.25) is 15.9 Å². The van der Waals surface area contributed by atoms with Crippen LogP contribution in [0.15, 0.2) is 30.3 Å². The van der Waals surface area contributed by atoms with Crippen molar-refractivity contribution >= 4 is 15.9 Å². The van der Waals surface area contributed by atoms with Gasteiger partial charge in [0.1, 0.15) is 6.04 Å². The highest BCUT2D eigenvalue weighted by Gasteiger charge is 2.30. The van der Waals surface area contributed by atoms with Crippen molar-refractivity contribution in [2.45, 2.75) is 32.4 Å². The summed E-state index contributed by atoms with van der Waals surface area (Å²) in [5.41, 5.74) is 0.636. The lowest BCUT2D eigenvalue weighted by Crippen LogP contribution is -2.41. The molecule has 1 amide bonds. The van der Waals surface area contributed by atoms with Crippen LogP contribution in [0.25, 0.3) is 0 Å². The molecule has 0 heterocycles. The zero-order chi connectivity index (χ0) is 17.5. The fraction of sp³-hybridized carbons (Fsp3) is 0.562. The maximum Gasteiger partial charge on any atom is 0.242 e. The average molecular weight is 342 g/mol. The monoisotopic (exact) mass is 342 g/mol. The van der Waals surface area contributed by atoms with Crippen LogP contribution in [0.4, 0.5) is 0 Å². The van der Waals surface area contributed by atoms with Crippen molar-refractivity contribution in [3.8, 4) is 0 Å². The summed E-state index contributed by atoms with van der Waals surface area (Å²) in [5, 5.41) is 2.78. The van der Waals surface area contributed by atoms with E-state index in [-0.39, 0.29) is 12.0 Å². The van der Waals surface area contributed by atoms with Crippen LogP contribution in [0.1, 0.15) is 31.9 Å². The first-order valence-electron chi connectivity index (χ1n) is 7.60. The molecule has 0 unspecified atom stereocenters. The van der Waals surface area contributed by atoms with Crippen molar-refractivity contribution < 1.29 is 17.9 Å². The van der Waals surface area contributed by atoms with Crippen LogP contribution in [0, 0.1) is 0 Å². The van der Waals surface area contributed by atoms with Crippen LogP contribution in [0.2, 0.25) is 0 Å². The van der Waals surface area contributed by atoms with Crippen LogP contribution in [-0.4, -0.2) is 51.2 Å². The Morgan fingerprint density at radius 1 is 1.26 bits per heavy atom. The van der Waals surface area contributed by atoms with E-state index >= 15 is 0 Å². The molecule has 0 aliphatic carbocycles. The molecule has 0 aliphatic rings. The van der Waals surface area contributed by atoms with Gasteiger partial charge in [-0.05, 0) is 25.8 Å². The number of hydrogen-bond acceptors (Lipinski definition) is 4. The third-order valence-corrected chi connectivity index (χ3v) is 4.58. The summed E-state index contributed by atoms with van der Waals surface area (Å²) in [6.07, 6.45) is 1.92. The van der Waals surface area contributed by atoms with E-state index in [9.17, 15) is 13.2 Å². The van der Waals surface area contributed by atoms with Gasteiger partial charge in [-0.1, -0.05) is 30.3 Å². The minimum Gasteiger partial charge on any atom is -0.379 e. The molecule has 0 radical (unpaired) electrons. The number of likely N-dealkylation sites (N-methyl/N-ethyl adjacent to an activating group) is 1. The topological polar surface area (TPSA) is 75.7 Å². The van der Waals surface area contributed by atoms with Crippen LogP contribution < -0.4 is 5.32 Å². The predicted molar refractivity (Wildman–Crippen MR) is 90.5 cm³/mol. The molecule has 0 saturated carbocycles. The van der Waals surface area contributed by atoms with E-state index in [2.05, 4.69) is 5.32 Å². The number of nitrogens with one attached hydrogen (secondary N) is 1. The highest BCUT2D eigenvalue weighted by atomic mass is 32.2. The number of rotatable bonds is 9. The second kappa shape index (κ2) is 9.00. The van der Waals surface area contributed by atoms with E-state index in [1.54, 1.807) is 24.3 Å². The first kappa shape index (κ1) is 19.6. The molecule has 0 spiro atoms. The molecule has 1 aromatic rings. The number of sulfonamides is 1. The van der Waals surface area contributed by atoms with E-state index in [0.29, 0.717) is 25.1 Å². The fourth-order valence-electron chi connectivity index (χ4n) is 2.05. The normalized spacial score (nSPS) is 13.3. The second-order valence-corrected chi connectivity index (χ2v) is 7.70. The highest BCUT2D eigenvalue weighted by Crippen LogP contribution is 2.21. The van der Waals surface area contributed by atoms with E-state index in [0.717, 1.165) is 10.6 Å². The number of carbonyl (C=O) groups is 1. The van der Waals surface area contributed by atoms with E-state index in [1.807, 2.05) is 19.9 Å². The Bertz CT molecular complexity index is 587. The molecule has 0 saturated heterocycles. The lowest BCUT2D eigenvalue weighted by atomic mass is 10.1. The third kappa shape index (κ3) is 6.68. The summed E-state index contributed by atoms with van der Waals surface area (Å²) in [7, 11) is -2.08. The quantitative estimate of drug-likeness (QED) is 0.691. The minimum atomic E-state index is -3.49.